The van der Waals surface area contributed by atoms with Crippen molar-refractivity contribution < 1.29 is 8.42 Å². The van der Waals surface area contributed by atoms with Gasteiger partial charge in [-0.25, -0.2) is 13.1 Å². The quantitative estimate of drug-likeness (QED) is 0.643. The Labute approximate surface area is 74.9 Å². The van der Waals surface area contributed by atoms with E-state index in [0.717, 1.165) is 6.42 Å². The minimum Gasteiger partial charge on any atom is -0.218 e. The summed E-state index contributed by atoms with van der Waals surface area (Å²) in [4.78, 5) is 0. The standard InChI is InChI=1S/C8H17NO2S/c1-4-6-7-8(5-2)12(10,11)9-3/h4,8-9H,1,5-7H2,2-3H3. The molecule has 1 N–H and O–H groups in total. The van der Waals surface area contributed by atoms with Gasteiger partial charge in [0, 0.05) is 0 Å². The van der Waals surface area contributed by atoms with Crippen LogP contribution in [0.3, 0.4) is 0 Å². The minimum atomic E-state index is -3.08. The van der Waals surface area contributed by atoms with Gasteiger partial charge in [-0.3, -0.25) is 0 Å². The number of allylic oxidation sites excluding steroid dienone is 1. The third-order valence-electron chi connectivity index (χ3n) is 1.87. The normalized spacial score (nSPS) is 14.2. The molecule has 0 radical (unpaired) electrons. The highest BCUT2D eigenvalue weighted by atomic mass is 32.2. The molecule has 3 nitrogen and oxygen atoms in total. The molecule has 0 aliphatic rings. The highest BCUT2D eigenvalue weighted by Gasteiger charge is 2.20. The number of hydrogen-bond donors (Lipinski definition) is 1. The molecule has 0 rings (SSSR count). The molecule has 0 aromatic heterocycles. The molecular weight excluding hydrogens is 174 g/mol. The van der Waals surface area contributed by atoms with E-state index in [2.05, 4.69) is 11.3 Å². The van der Waals surface area contributed by atoms with Gasteiger partial charge in [0.05, 0.1) is 5.25 Å². The van der Waals surface area contributed by atoms with Crippen LogP contribution in [-0.4, -0.2) is 20.7 Å². The maximum absolute atomic E-state index is 11.3. The van der Waals surface area contributed by atoms with Crippen LogP contribution < -0.4 is 4.72 Å². The third-order valence-corrected chi connectivity index (χ3v) is 3.89. The Morgan fingerprint density at radius 3 is 2.50 bits per heavy atom. The highest BCUT2D eigenvalue weighted by Crippen LogP contribution is 2.10. The fraction of sp³-hybridized carbons (Fsp3) is 0.750. The zero-order valence-corrected chi connectivity index (χ0v) is 8.52. The first kappa shape index (κ1) is 11.6. The zero-order valence-electron chi connectivity index (χ0n) is 7.71. The fourth-order valence-corrected chi connectivity index (χ4v) is 2.27. The van der Waals surface area contributed by atoms with Crippen LogP contribution >= 0.6 is 0 Å². The molecule has 4 heteroatoms. The molecule has 0 aliphatic carbocycles. The maximum atomic E-state index is 11.3. The summed E-state index contributed by atoms with van der Waals surface area (Å²) in [6, 6.07) is 0. The van der Waals surface area contributed by atoms with Gasteiger partial charge in [0.1, 0.15) is 0 Å². The summed E-state index contributed by atoms with van der Waals surface area (Å²) < 4.78 is 24.9. The third kappa shape index (κ3) is 3.36. The summed E-state index contributed by atoms with van der Waals surface area (Å²) >= 11 is 0. The van der Waals surface area contributed by atoms with Gasteiger partial charge >= 0.3 is 0 Å². The van der Waals surface area contributed by atoms with Crippen molar-refractivity contribution in [2.45, 2.75) is 31.4 Å². The maximum Gasteiger partial charge on any atom is 0.214 e. The average Bonchev–Trinajstić information content (AvgIpc) is 2.05. The monoisotopic (exact) mass is 191 g/mol. The van der Waals surface area contributed by atoms with Gasteiger partial charge in [0.25, 0.3) is 0 Å². The van der Waals surface area contributed by atoms with Gasteiger partial charge in [-0.15, -0.1) is 6.58 Å². The first-order valence-electron chi connectivity index (χ1n) is 4.11. The van der Waals surface area contributed by atoms with Gasteiger partial charge in [0.2, 0.25) is 10.0 Å². The Morgan fingerprint density at radius 2 is 2.17 bits per heavy atom. The number of rotatable bonds is 6. The SMILES string of the molecule is C=CCCC(CC)S(=O)(=O)NC. The summed E-state index contributed by atoms with van der Waals surface area (Å²) in [5, 5.41) is -0.277. The van der Waals surface area contributed by atoms with Crippen molar-refractivity contribution in [3.63, 3.8) is 0 Å². The van der Waals surface area contributed by atoms with Crippen LogP contribution in [-0.2, 0) is 10.0 Å². The molecular formula is C8H17NO2S. The topological polar surface area (TPSA) is 46.2 Å². The van der Waals surface area contributed by atoms with Crippen molar-refractivity contribution in [2.75, 3.05) is 7.05 Å². The molecule has 1 unspecified atom stereocenters. The van der Waals surface area contributed by atoms with Crippen LogP contribution in [0.5, 0.6) is 0 Å². The van der Waals surface area contributed by atoms with Crippen LogP contribution in [0.1, 0.15) is 26.2 Å². The average molecular weight is 191 g/mol. The molecule has 0 aliphatic heterocycles. The molecule has 0 aromatic rings. The minimum absolute atomic E-state index is 0.277. The smallest absolute Gasteiger partial charge is 0.214 e. The summed E-state index contributed by atoms with van der Waals surface area (Å²) in [6.45, 7) is 5.44. The Balaban J connectivity index is 4.24. The largest absolute Gasteiger partial charge is 0.218 e. The van der Waals surface area contributed by atoms with E-state index >= 15 is 0 Å². The second kappa shape index (κ2) is 5.32. The Morgan fingerprint density at radius 1 is 1.58 bits per heavy atom. The predicted octanol–water partition coefficient (Wildman–Crippen LogP) is 1.28. The predicted molar refractivity (Wildman–Crippen MR) is 51.5 cm³/mol. The molecule has 0 heterocycles. The lowest BCUT2D eigenvalue weighted by molar-refractivity contribution is 0.559. The van der Waals surface area contributed by atoms with Crippen LogP contribution in [0.4, 0.5) is 0 Å². The van der Waals surface area contributed by atoms with E-state index < -0.39 is 10.0 Å². The van der Waals surface area contributed by atoms with E-state index in [0.29, 0.717) is 12.8 Å². The molecule has 1 atom stereocenters. The molecule has 0 bridgehead atoms. The molecule has 0 aromatic carbocycles. The van der Waals surface area contributed by atoms with Gasteiger partial charge in [-0.2, -0.15) is 0 Å². The first-order valence-corrected chi connectivity index (χ1v) is 5.66. The van der Waals surface area contributed by atoms with Crippen LogP contribution in [0.15, 0.2) is 12.7 Å². The zero-order chi connectivity index (χ0) is 9.61. The number of nitrogens with one attached hydrogen (secondary N) is 1. The first-order chi connectivity index (χ1) is 5.58. The molecule has 72 valence electrons. The summed E-state index contributed by atoms with van der Waals surface area (Å²) in [7, 11) is -1.63. The van der Waals surface area contributed by atoms with Crippen LogP contribution in [0, 0.1) is 0 Å². The van der Waals surface area contributed by atoms with Crippen molar-refractivity contribution in [1.82, 2.24) is 4.72 Å². The Kier molecular flexibility index (Phi) is 5.17. The van der Waals surface area contributed by atoms with Crippen molar-refractivity contribution in [1.29, 1.82) is 0 Å². The van der Waals surface area contributed by atoms with Gasteiger partial charge in [-0.05, 0) is 26.3 Å². The van der Waals surface area contributed by atoms with E-state index in [-0.39, 0.29) is 5.25 Å². The number of sulfonamides is 1. The van der Waals surface area contributed by atoms with E-state index in [4.69, 9.17) is 0 Å². The number of hydrogen-bond acceptors (Lipinski definition) is 2. The second-order valence-electron chi connectivity index (χ2n) is 2.65. The van der Waals surface area contributed by atoms with Gasteiger partial charge < -0.3 is 0 Å². The summed E-state index contributed by atoms with van der Waals surface area (Å²) in [6.07, 6.45) is 3.80. The lowest BCUT2D eigenvalue weighted by atomic mass is 10.2. The van der Waals surface area contributed by atoms with E-state index in [9.17, 15) is 8.42 Å². The van der Waals surface area contributed by atoms with Crippen LogP contribution in [0.2, 0.25) is 0 Å². The van der Waals surface area contributed by atoms with Crippen molar-refractivity contribution in [2.24, 2.45) is 0 Å². The molecule has 0 fully saturated rings. The fourth-order valence-electron chi connectivity index (χ4n) is 1.05. The van der Waals surface area contributed by atoms with E-state index in [1.807, 2.05) is 6.92 Å². The molecule has 0 spiro atoms. The van der Waals surface area contributed by atoms with E-state index in [1.165, 1.54) is 7.05 Å². The Hall–Kier alpha value is -0.350. The molecule has 0 amide bonds. The highest BCUT2D eigenvalue weighted by molar-refractivity contribution is 7.90. The lowest BCUT2D eigenvalue weighted by Gasteiger charge is -2.13. The van der Waals surface area contributed by atoms with E-state index in [1.54, 1.807) is 6.08 Å². The molecule has 0 saturated carbocycles. The summed E-state index contributed by atoms with van der Waals surface area (Å²) in [5.41, 5.74) is 0. The van der Waals surface area contributed by atoms with Crippen molar-refractivity contribution >= 4 is 10.0 Å². The van der Waals surface area contributed by atoms with Gasteiger partial charge in [-0.1, -0.05) is 13.0 Å². The lowest BCUT2D eigenvalue weighted by Crippen LogP contribution is -2.31. The van der Waals surface area contributed by atoms with Crippen molar-refractivity contribution in [3.8, 4) is 0 Å². The molecule has 0 saturated heterocycles. The summed E-state index contributed by atoms with van der Waals surface area (Å²) in [5.74, 6) is 0. The Bertz CT molecular complexity index is 221. The molecule has 12 heavy (non-hydrogen) atoms. The van der Waals surface area contributed by atoms with Gasteiger partial charge in [0.15, 0.2) is 0 Å². The van der Waals surface area contributed by atoms with Crippen LogP contribution in [0.25, 0.3) is 0 Å². The van der Waals surface area contributed by atoms with Crippen molar-refractivity contribution in [3.05, 3.63) is 12.7 Å². The second-order valence-corrected chi connectivity index (χ2v) is 4.81.